The van der Waals surface area contributed by atoms with Gasteiger partial charge in [-0.05, 0) is 49.6 Å². The van der Waals surface area contributed by atoms with Gasteiger partial charge in [-0.25, -0.2) is 8.42 Å². The zero-order valence-corrected chi connectivity index (χ0v) is 23.5. The molecule has 2 atom stereocenters. The Morgan fingerprint density at radius 1 is 1.08 bits per heavy atom. The average molecular weight is 559 g/mol. The lowest BCUT2D eigenvalue weighted by molar-refractivity contribution is -0.140. The van der Waals surface area contributed by atoms with Crippen LogP contribution in [0.2, 0.25) is 10.0 Å². The van der Waals surface area contributed by atoms with Gasteiger partial charge in [0.15, 0.2) is 0 Å². The number of halogens is 2. The van der Waals surface area contributed by atoms with Gasteiger partial charge < -0.3 is 15.0 Å². The average Bonchev–Trinajstić information content (AvgIpc) is 2.82. The maximum atomic E-state index is 13.7. The Bertz CT molecular complexity index is 1180. The van der Waals surface area contributed by atoms with E-state index in [-0.39, 0.29) is 24.2 Å². The van der Waals surface area contributed by atoms with Crippen LogP contribution in [0.4, 0.5) is 5.69 Å². The molecule has 0 aromatic heterocycles. The first-order valence-electron chi connectivity index (χ1n) is 11.6. The highest BCUT2D eigenvalue weighted by atomic mass is 35.5. The topological polar surface area (TPSA) is 96.0 Å². The number of sulfonamides is 1. The van der Waals surface area contributed by atoms with E-state index in [2.05, 4.69) is 5.32 Å². The molecular formula is C25H33Cl2N3O5S. The molecule has 1 N–H and O–H groups in total. The van der Waals surface area contributed by atoms with Gasteiger partial charge in [0.25, 0.3) is 0 Å². The maximum absolute atomic E-state index is 13.7. The largest absolute Gasteiger partial charge is 0.495 e. The van der Waals surface area contributed by atoms with Gasteiger partial charge in [-0.15, -0.1) is 0 Å². The van der Waals surface area contributed by atoms with Gasteiger partial charge in [-0.2, -0.15) is 0 Å². The van der Waals surface area contributed by atoms with E-state index in [4.69, 9.17) is 27.9 Å². The van der Waals surface area contributed by atoms with Gasteiger partial charge in [-0.3, -0.25) is 13.9 Å². The van der Waals surface area contributed by atoms with Crippen LogP contribution in [0.1, 0.15) is 39.2 Å². The number of hydrogen-bond donors (Lipinski definition) is 1. The molecule has 0 unspecified atom stereocenters. The Kier molecular flexibility index (Phi) is 10.9. The summed E-state index contributed by atoms with van der Waals surface area (Å²) in [4.78, 5) is 28.3. The van der Waals surface area contributed by atoms with Crippen molar-refractivity contribution in [1.29, 1.82) is 0 Å². The zero-order chi connectivity index (χ0) is 27.0. The van der Waals surface area contributed by atoms with E-state index < -0.39 is 28.5 Å². The number of amides is 2. The van der Waals surface area contributed by atoms with E-state index >= 15 is 0 Å². The van der Waals surface area contributed by atoms with Gasteiger partial charge in [0, 0.05) is 22.6 Å². The SMILES string of the molecule is CC[C@H](C(=O)N[C@@H](C)CC)N(Cc1ccc(Cl)cc1Cl)C(=O)CN(c1ccccc1OC)S(C)(=O)=O. The molecule has 2 aromatic rings. The van der Waals surface area contributed by atoms with E-state index in [0.717, 1.165) is 17.0 Å². The highest BCUT2D eigenvalue weighted by Crippen LogP contribution is 2.30. The standard InChI is InChI=1S/C25H33Cl2N3O5S/c1-6-17(3)28-25(32)21(7-2)29(15-18-12-13-19(26)14-20(18)27)24(31)16-30(36(5,33)34)22-10-8-9-11-23(22)35-4/h8-14,17,21H,6-7,15-16H2,1-5H3,(H,28,32)/t17-,21+/m0/s1. The smallest absolute Gasteiger partial charge is 0.244 e. The lowest BCUT2D eigenvalue weighted by Crippen LogP contribution is -2.53. The second-order valence-corrected chi connectivity index (χ2v) is 11.2. The van der Waals surface area contributed by atoms with Crippen LogP contribution in [0.5, 0.6) is 5.75 Å². The third-order valence-electron chi connectivity index (χ3n) is 5.78. The minimum atomic E-state index is -3.88. The molecule has 0 aliphatic carbocycles. The number of benzene rings is 2. The van der Waals surface area contributed by atoms with Crippen molar-refractivity contribution in [2.24, 2.45) is 0 Å². The summed E-state index contributed by atoms with van der Waals surface area (Å²) in [6, 6.07) is 10.5. The van der Waals surface area contributed by atoms with Gasteiger partial charge >= 0.3 is 0 Å². The van der Waals surface area contributed by atoms with Crippen molar-refractivity contribution in [3.05, 3.63) is 58.1 Å². The zero-order valence-electron chi connectivity index (χ0n) is 21.1. The molecule has 0 heterocycles. The molecule has 0 spiro atoms. The molecular weight excluding hydrogens is 525 g/mol. The lowest BCUT2D eigenvalue weighted by Gasteiger charge is -2.33. The summed E-state index contributed by atoms with van der Waals surface area (Å²) in [5.41, 5.74) is 0.796. The predicted molar refractivity (Wildman–Crippen MR) is 144 cm³/mol. The molecule has 11 heteroatoms. The summed E-state index contributed by atoms with van der Waals surface area (Å²) in [6.07, 6.45) is 2.04. The van der Waals surface area contributed by atoms with Crippen molar-refractivity contribution >= 4 is 50.7 Å². The molecule has 198 valence electrons. The number of methoxy groups -OCH3 is 1. The first kappa shape index (κ1) is 29.7. The van der Waals surface area contributed by atoms with Crippen molar-refractivity contribution in [3.8, 4) is 5.75 Å². The molecule has 2 rings (SSSR count). The summed E-state index contributed by atoms with van der Waals surface area (Å²) < 4.78 is 31.8. The summed E-state index contributed by atoms with van der Waals surface area (Å²) in [7, 11) is -2.46. The summed E-state index contributed by atoms with van der Waals surface area (Å²) in [6.45, 7) is 5.07. The summed E-state index contributed by atoms with van der Waals surface area (Å²) in [5.74, 6) is -0.596. The minimum absolute atomic E-state index is 0.00913. The van der Waals surface area contributed by atoms with Crippen LogP contribution in [0.15, 0.2) is 42.5 Å². The first-order valence-corrected chi connectivity index (χ1v) is 14.2. The van der Waals surface area contributed by atoms with E-state index in [9.17, 15) is 18.0 Å². The maximum Gasteiger partial charge on any atom is 0.244 e. The highest BCUT2D eigenvalue weighted by molar-refractivity contribution is 7.92. The van der Waals surface area contributed by atoms with Crippen molar-refractivity contribution < 1.29 is 22.7 Å². The number of rotatable bonds is 12. The van der Waals surface area contributed by atoms with Gasteiger partial charge in [0.05, 0.1) is 19.1 Å². The number of para-hydroxylation sites is 2. The van der Waals surface area contributed by atoms with Crippen molar-refractivity contribution in [3.63, 3.8) is 0 Å². The van der Waals surface area contributed by atoms with E-state index in [0.29, 0.717) is 27.8 Å². The molecule has 0 aliphatic rings. The molecule has 0 bridgehead atoms. The molecule has 0 aliphatic heterocycles. The fourth-order valence-electron chi connectivity index (χ4n) is 3.62. The lowest BCUT2D eigenvalue weighted by atomic mass is 10.1. The van der Waals surface area contributed by atoms with E-state index in [1.165, 1.54) is 12.0 Å². The molecule has 0 radical (unpaired) electrons. The van der Waals surface area contributed by atoms with Gasteiger partial charge in [0.1, 0.15) is 18.3 Å². The second-order valence-electron chi connectivity index (χ2n) is 8.44. The predicted octanol–water partition coefficient (Wildman–Crippen LogP) is 4.49. The molecule has 8 nitrogen and oxygen atoms in total. The third kappa shape index (κ3) is 7.75. The summed E-state index contributed by atoms with van der Waals surface area (Å²) >= 11 is 12.4. The second kappa shape index (κ2) is 13.2. The van der Waals surface area contributed by atoms with Crippen LogP contribution in [0.3, 0.4) is 0 Å². The fraction of sp³-hybridized carbons (Fsp3) is 0.440. The van der Waals surface area contributed by atoms with Crippen LogP contribution < -0.4 is 14.4 Å². The monoisotopic (exact) mass is 557 g/mol. The number of hydrogen-bond acceptors (Lipinski definition) is 5. The van der Waals surface area contributed by atoms with Crippen LogP contribution in [-0.4, -0.2) is 57.1 Å². The van der Waals surface area contributed by atoms with Crippen molar-refractivity contribution in [2.45, 2.75) is 52.2 Å². The number of anilines is 1. The molecule has 36 heavy (non-hydrogen) atoms. The Labute approximate surface area is 223 Å². The Morgan fingerprint density at radius 3 is 2.31 bits per heavy atom. The van der Waals surface area contributed by atoms with Crippen LogP contribution >= 0.6 is 23.2 Å². The van der Waals surface area contributed by atoms with E-state index in [1.807, 2.05) is 13.8 Å². The fourth-order valence-corrected chi connectivity index (χ4v) is 4.95. The number of carbonyl (C=O) groups excluding carboxylic acids is 2. The normalized spacial score (nSPS) is 13.0. The number of nitrogens with one attached hydrogen (secondary N) is 1. The van der Waals surface area contributed by atoms with Crippen LogP contribution in [-0.2, 0) is 26.2 Å². The number of ether oxygens (including phenoxy) is 1. The third-order valence-corrected chi connectivity index (χ3v) is 7.49. The Morgan fingerprint density at radius 2 is 1.75 bits per heavy atom. The Hall–Kier alpha value is -2.49. The quantitative estimate of drug-likeness (QED) is 0.414. The number of nitrogens with zero attached hydrogens (tertiary/aromatic N) is 2. The van der Waals surface area contributed by atoms with Gasteiger partial charge in [-0.1, -0.05) is 55.2 Å². The Balaban J connectivity index is 2.51. The van der Waals surface area contributed by atoms with Gasteiger partial charge in [0.2, 0.25) is 21.8 Å². The molecule has 0 fully saturated rings. The first-order chi connectivity index (χ1) is 16.9. The molecule has 0 saturated carbocycles. The summed E-state index contributed by atoms with van der Waals surface area (Å²) in [5, 5.41) is 3.69. The minimum Gasteiger partial charge on any atom is -0.495 e. The van der Waals surface area contributed by atoms with Crippen LogP contribution in [0.25, 0.3) is 0 Å². The number of carbonyl (C=O) groups is 2. The van der Waals surface area contributed by atoms with Crippen molar-refractivity contribution in [2.75, 3.05) is 24.2 Å². The highest BCUT2D eigenvalue weighted by Gasteiger charge is 2.33. The van der Waals surface area contributed by atoms with E-state index in [1.54, 1.807) is 49.4 Å². The molecule has 0 saturated heterocycles. The van der Waals surface area contributed by atoms with Crippen molar-refractivity contribution in [1.82, 2.24) is 10.2 Å². The molecule has 2 aromatic carbocycles. The molecule has 2 amide bonds. The van der Waals surface area contributed by atoms with Crippen LogP contribution in [0, 0.1) is 0 Å².